The summed E-state index contributed by atoms with van der Waals surface area (Å²) in [7, 11) is 0. The fraction of sp³-hybridized carbons (Fsp3) is 0.818. The molecule has 4 rings (SSSR count). The van der Waals surface area contributed by atoms with Crippen LogP contribution in [0, 0.1) is 23.7 Å². The van der Waals surface area contributed by atoms with Crippen molar-refractivity contribution in [3.63, 3.8) is 0 Å². The molecule has 0 aliphatic heterocycles. The first kappa shape index (κ1) is 21.0. The van der Waals surface area contributed by atoms with Crippen LogP contribution in [0.3, 0.4) is 0 Å². The van der Waals surface area contributed by atoms with Gasteiger partial charge in [-0.15, -0.1) is 12.4 Å². The minimum absolute atomic E-state index is 0. The number of halogens is 1. The van der Waals surface area contributed by atoms with Crippen LogP contribution in [0.4, 0.5) is 0 Å². The van der Waals surface area contributed by atoms with Crippen LogP contribution in [-0.4, -0.2) is 25.7 Å². The van der Waals surface area contributed by atoms with Gasteiger partial charge in [0.25, 0.3) is 0 Å². The van der Waals surface area contributed by atoms with Crippen molar-refractivity contribution >= 4 is 12.4 Å². The van der Waals surface area contributed by atoms with Gasteiger partial charge in [-0.05, 0) is 89.4 Å². The molecule has 4 bridgehead atoms. The first-order valence-corrected chi connectivity index (χ1v) is 10.3. The van der Waals surface area contributed by atoms with Crippen LogP contribution < -0.4 is 10.6 Å². The average molecular weight is 367 g/mol. The summed E-state index contributed by atoms with van der Waals surface area (Å²) < 4.78 is 0. The molecule has 0 unspecified atom stereocenters. The van der Waals surface area contributed by atoms with Gasteiger partial charge in [0.1, 0.15) is 0 Å². The molecule has 4 aliphatic carbocycles. The van der Waals surface area contributed by atoms with Crippen molar-refractivity contribution in [1.29, 1.82) is 0 Å². The number of hydrogen-bond acceptors (Lipinski definition) is 2. The van der Waals surface area contributed by atoms with Gasteiger partial charge in [-0.1, -0.05) is 23.3 Å². The monoisotopic (exact) mass is 366 g/mol. The predicted octanol–water partition coefficient (Wildman–Crippen LogP) is 5.10. The van der Waals surface area contributed by atoms with Crippen LogP contribution in [0.1, 0.15) is 65.7 Å². The molecule has 4 aliphatic rings. The molecule has 2 nitrogen and oxygen atoms in total. The Hall–Kier alpha value is -0.310. The normalized spacial score (nSPS) is 33.2. The fourth-order valence-electron chi connectivity index (χ4n) is 5.62. The summed E-state index contributed by atoms with van der Waals surface area (Å²) in [5, 5.41) is 7.49. The van der Waals surface area contributed by atoms with E-state index < -0.39 is 0 Å². The van der Waals surface area contributed by atoms with E-state index in [0.29, 0.717) is 0 Å². The van der Waals surface area contributed by atoms with Crippen molar-refractivity contribution in [1.82, 2.24) is 10.6 Å². The van der Waals surface area contributed by atoms with Gasteiger partial charge in [0, 0.05) is 25.7 Å². The van der Waals surface area contributed by atoms with Crippen molar-refractivity contribution in [3.8, 4) is 0 Å². The molecule has 0 amide bonds. The van der Waals surface area contributed by atoms with Gasteiger partial charge < -0.3 is 10.6 Å². The third-order valence-electron chi connectivity index (χ3n) is 6.59. The second kappa shape index (κ2) is 10.1. The molecule has 144 valence electrons. The average Bonchev–Trinajstić information content (AvgIpc) is 2.51. The lowest BCUT2D eigenvalue weighted by atomic mass is 9.54. The largest absolute Gasteiger partial charge is 0.312 e. The zero-order valence-corrected chi connectivity index (χ0v) is 17.3. The Balaban J connectivity index is 0.00000225. The molecular weight excluding hydrogens is 328 g/mol. The lowest BCUT2D eigenvalue weighted by molar-refractivity contribution is -0.0133. The molecule has 3 heteroatoms. The van der Waals surface area contributed by atoms with Gasteiger partial charge in [-0.25, -0.2) is 0 Å². The van der Waals surface area contributed by atoms with Crippen LogP contribution in [0.5, 0.6) is 0 Å². The van der Waals surface area contributed by atoms with Crippen LogP contribution in [0.15, 0.2) is 23.3 Å². The zero-order chi connectivity index (χ0) is 16.9. The molecule has 0 aromatic rings. The molecule has 0 radical (unpaired) electrons. The number of nitrogens with one attached hydrogen (secondary N) is 2. The number of allylic oxidation sites excluding steroid dienone is 3. The molecule has 4 saturated carbocycles. The van der Waals surface area contributed by atoms with Gasteiger partial charge in [-0.2, -0.15) is 0 Å². The van der Waals surface area contributed by atoms with Crippen molar-refractivity contribution in [2.45, 2.75) is 71.8 Å². The number of hydrogen-bond donors (Lipinski definition) is 2. The van der Waals surface area contributed by atoms with Crippen LogP contribution in [0.2, 0.25) is 0 Å². The fourth-order valence-corrected chi connectivity index (χ4v) is 5.62. The molecular formula is C22H39ClN2. The molecule has 0 aromatic heterocycles. The van der Waals surface area contributed by atoms with E-state index in [0.717, 1.165) is 49.3 Å². The SMILES string of the molecule is CC(C)=CCC/C(C)=C/CNCCNC1C2CC3CC(C2)CC1C3.Cl. The molecule has 0 spiro atoms. The second-order valence-corrected chi connectivity index (χ2v) is 8.99. The molecule has 0 heterocycles. The van der Waals surface area contributed by atoms with Crippen molar-refractivity contribution < 1.29 is 0 Å². The van der Waals surface area contributed by atoms with E-state index in [4.69, 9.17) is 0 Å². The Kier molecular flexibility index (Phi) is 8.51. The lowest BCUT2D eigenvalue weighted by Crippen LogP contribution is -2.55. The molecule has 4 fully saturated rings. The van der Waals surface area contributed by atoms with Gasteiger partial charge in [0.2, 0.25) is 0 Å². The van der Waals surface area contributed by atoms with Gasteiger partial charge in [0.15, 0.2) is 0 Å². The van der Waals surface area contributed by atoms with Crippen molar-refractivity contribution in [3.05, 3.63) is 23.3 Å². The molecule has 0 saturated heterocycles. The quantitative estimate of drug-likeness (QED) is 0.438. The maximum atomic E-state index is 3.91. The summed E-state index contributed by atoms with van der Waals surface area (Å²) >= 11 is 0. The van der Waals surface area contributed by atoms with Crippen LogP contribution >= 0.6 is 12.4 Å². The molecule has 2 N–H and O–H groups in total. The first-order valence-electron chi connectivity index (χ1n) is 10.3. The molecule has 0 atom stereocenters. The van der Waals surface area contributed by atoms with Crippen LogP contribution in [0.25, 0.3) is 0 Å². The van der Waals surface area contributed by atoms with Crippen LogP contribution in [-0.2, 0) is 0 Å². The summed E-state index contributed by atoms with van der Waals surface area (Å²) in [5.41, 5.74) is 2.94. The van der Waals surface area contributed by atoms with Crippen molar-refractivity contribution in [2.75, 3.05) is 19.6 Å². The highest BCUT2D eigenvalue weighted by molar-refractivity contribution is 5.85. The summed E-state index contributed by atoms with van der Waals surface area (Å²) in [5.74, 6) is 4.17. The Morgan fingerprint density at radius 1 is 0.880 bits per heavy atom. The predicted molar refractivity (Wildman–Crippen MR) is 111 cm³/mol. The van der Waals surface area contributed by atoms with Gasteiger partial charge in [0.05, 0.1) is 0 Å². The highest BCUT2D eigenvalue weighted by atomic mass is 35.5. The maximum absolute atomic E-state index is 3.91. The summed E-state index contributed by atoms with van der Waals surface area (Å²) in [4.78, 5) is 0. The van der Waals surface area contributed by atoms with E-state index >= 15 is 0 Å². The van der Waals surface area contributed by atoms with E-state index in [9.17, 15) is 0 Å². The topological polar surface area (TPSA) is 24.1 Å². The van der Waals surface area contributed by atoms with Gasteiger partial charge in [-0.3, -0.25) is 0 Å². The summed E-state index contributed by atoms with van der Waals surface area (Å²) in [6.07, 6.45) is 14.7. The molecule has 0 aromatic carbocycles. The minimum atomic E-state index is 0. The Labute approximate surface area is 161 Å². The number of rotatable bonds is 9. The van der Waals surface area contributed by atoms with E-state index in [1.54, 1.807) is 6.42 Å². The summed E-state index contributed by atoms with van der Waals surface area (Å²) in [6.45, 7) is 9.86. The van der Waals surface area contributed by atoms with E-state index in [1.807, 2.05) is 0 Å². The standard InChI is InChI=1S/C22H38N2.ClH/c1-16(2)5-4-6-17(3)7-8-23-9-10-24-22-20-12-18-11-19(14-20)15-21(22)13-18;/h5,7,18-24H,4,6,8-15H2,1-3H3;1H/b17-7+;. The molecule has 25 heavy (non-hydrogen) atoms. The lowest BCUT2D eigenvalue weighted by Gasteiger charge is -2.54. The Morgan fingerprint density at radius 3 is 2.12 bits per heavy atom. The summed E-state index contributed by atoms with van der Waals surface area (Å²) in [6, 6.07) is 0.834. The third kappa shape index (κ3) is 6.12. The zero-order valence-electron chi connectivity index (χ0n) is 16.5. The third-order valence-corrected chi connectivity index (χ3v) is 6.59. The highest BCUT2D eigenvalue weighted by Gasteiger charge is 2.47. The van der Waals surface area contributed by atoms with E-state index in [2.05, 4.69) is 43.6 Å². The van der Waals surface area contributed by atoms with E-state index in [1.165, 1.54) is 49.7 Å². The smallest absolute Gasteiger partial charge is 0.0137 e. The Bertz CT molecular complexity index is 437. The minimum Gasteiger partial charge on any atom is -0.312 e. The van der Waals surface area contributed by atoms with Gasteiger partial charge >= 0.3 is 0 Å². The first-order chi connectivity index (χ1) is 11.6. The highest BCUT2D eigenvalue weighted by Crippen LogP contribution is 2.53. The van der Waals surface area contributed by atoms with E-state index in [-0.39, 0.29) is 12.4 Å². The Morgan fingerprint density at radius 2 is 1.52 bits per heavy atom. The second-order valence-electron chi connectivity index (χ2n) is 8.99. The maximum Gasteiger partial charge on any atom is 0.0137 e. The van der Waals surface area contributed by atoms with Crippen molar-refractivity contribution in [2.24, 2.45) is 23.7 Å².